The number of sulfonamides is 1. The topological polar surface area (TPSA) is 94.9 Å². The monoisotopic (exact) mass is 315 g/mol. The van der Waals surface area contributed by atoms with Gasteiger partial charge in [0.15, 0.2) is 0 Å². The van der Waals surface area contributed by atoms with Gasteiger partial charge >= 0.3 is 0 Å². The number of aliphatic hydroxyl groups is 2. The zero-order chi connectivity index (χ0) is 16.2. The zero-order valence-corrected chi connectivity index (χ0v) is 13.2. The van der Waals surface area contributed by atoms with Crippen LogP contribution in [-0.2, 0) is 14.8 Å². The van der Waals surface area contributed by atoms with Crippen LogP contribution in [0, 0.1) is 6.92 Å². The number of aryl methyl sites for hydroxylation is 1. The highest BCUT2D eigenvalue weighted by Crippen LogP contribution is 2.20. The number of hydrogen-bond acceptors (Lipinski definition) is 5. The van der Waals surface area contributed by atoms with Gasteiger partial charge in [-0.05, 0) is 32.9 Å². The number of rotatable bonds is 7. The van der Waals surface area contributed by atoms with Crippen LogP contribution < -0.4 is 0 Å². The second-order valence-corrected chi connectivity index (χ2v) is 6.93. The lowest BCUT2D eigenvalue weighted by Gasteiger charge is -2.28. The van der Waals surface area contributed by atoms with Crippen molar-refractivity contribution in [3.63, 3.8) is 0 Å². The van der Waals surface area contributed by atoms with Gasteiger partial charge in [-0.15, -0.1) is 0 Å². The maximum atomic E-state index is 12.5. The van der Waals surface area contributed by atoms with Gasteiger partial charge in [0.1, 0.15) is 12.0 Å². The smallest absolute Gasteiger partial charge is 0.245 e. The maximum Gasteiger partial charge on any atom is 0.245 e. The molecule has 0 spiro atoms. The van der Waals surface area contributed by atoms with Crippen LogP contribution in [0.15, 0.2) is 29.2 Å². The maximum absolute atomic E-state index is 12.5. The summed E-state index contributed by atoms with van der Waals surface area (Å²) < 4.78 is 25.8. The lowest BCUT2D eigenvalue weighted by atomic mass is 10.2. The van der Waals surface area contributed by atoms with Crippen molar-refractivity contribution in [1.29, 1.82) is 0 Å². The molecular formula is C14H21NO5S. The number of ketones is 1. The number of benzene rings is 1. The lowest BCUT2D eigenvalue weighted by molar-refractivity contribution is -0.117. The number of hydrogen-bond donors (Lipinski definition) is 2. The average molecular weight is 315 g/mol. The number of carbonyl (C=O) groups is 1. The third-order valence-corrected chi connectivity index (χ3v) is 4.92. The third kappa shape index (κ3) is 4.60. The summed E-state index contributed by atoms with van der Waals surface area (Å²) in [6.07, 6.45) is -2.90. The van der Waals surface area contributed by atoms with E-state index in [1.54, 1.807) is 12.1 Å². The van der Waals surface area contributed by atoms with E-state index in [9.17, 15) is 23.4 Å². The van der Waals surface area contributed by atoms with Crippen LogP contribution in [-0.4, -0.2) is 47.6 Å². The van der Waals surface area contributed by atoms with Gasteiger partial charge in [0, 0.05) is 13.0 Å². The fourth-order valence-electron chi connectivity index (χ4n) is 1.75. The molecule has 0 aliphatic rings. The zero-order valence-electron chi connectivity index (χ0n) is 12.4. The summed E-state index contributed by atoms with van der Waals surface area (Å²) in [4.78, 5) is 11.1. The van der Waals surface area contributed by atoms with Crippen molar-refractivity contribution in [2.45, 2.75) is 44.4 Å². The van der Waals surface area contributed by atoms with Gasteiger partial charge in [0.25, 0.3) is 0 Å². The van der Waals surface area contributed by atoms with Gasteiger partial charge in [-0.3, -0.25) is 4.79 Å². The highest BCUT2D eigenvalue weighted by Gasteiger charge is 2.32. The first kappa shape index (κ1) is 17.8. The molecule has 21 heavy (non-hydrogen) atoms. The molecule has 1 aromatic carbocycles. The van der Waals surface area contributed by atoms with E-state index in [0.29, 0.717) is 0 Å². The Balaban J connectivity index is 3.15. The van der Waals surface area contributed by atoms with Crippen LogP contribution >= 0.6 is 0 Å². The fraction of sp³-hybridized carbons (Fsp3) is 0.500. The summed E-state index contributed by atoms with van der Waals surface area (Å²) in [7, 11) is -3.99. The summed E-state index contributed by atoms with van der Waals surface area (Å²) in [5, 5.41) is 19.4. The average Bonchev–Trinajstić information content (AvgIpc) is 2.38. The molecule has 7 heteroatoms. The summed E-state index contributed by atoms with van der Waals surface area (Å²) in [5.41, 5.74) is 0.903. The lowest BCUT2D eigenvalue weighted by Crippen LogP contribution is -2.46. The van der Waals surface area contributed by atoms with E-state index in [1.807, 2.05) is 6.92 Å². The van der Waals surface area contributed by atoms with Gasteiger partial charge in [0.2, 0.25) is 10.0 Å². The Morgan fingerprint density at radius 3 is 2.19 bits per heavy atom. The second-order valence-electron chi connectivity index (χ2n) is 5.04. The van der Waals surface area contributed by atoms with E-state index in [2.05, 4.69) is 0 Å². The van der Waals surface area contributed by atoms with Crippen LogP contribution in [0.4, 0.5) is 0 Å². The molecule has 0 aromatic heterocycles. The molecule has 2 N–H and O–H groups in total. The first-order valence-electron chi connectivity index (χ1n) is 6.60. The molecule has 0 saturated heterocycles. The predicted molar refractivity (Wildman–Crippen MR) is 78.1 cm³/mol. The molecule has 1 aromatic rings. The Hall–Kier alpha value is -1.28. The Bertz CT molecular complexity index is 580. The van der Waals surface area contributed by atoms with Crippen molar-refractivity contribution in [2.75, 3.05) is 6.54 Å². The molecule has 6 nitrogen and oxygen atoms in total. The number of nitrogens with zero attached hydrogens (tertiary/aromatic N) is 1. The molecule has 1 rings (SSSR count). The summed E-state index contributed by atoms with van der Waals surface area (Å²) in [6, 6.07) is 6.15. The molecule has 0 saturated carbocycles. The quantitative estimate of drug-likeness (QED) is 0.721. The standard InChI is InChI=1S/C14H21NO5S/c1-10-4-6-13(7-5-10)21(19,20)15(9-8-11(2)16)14(18)12(3)17/h4-7,12,14,17-18H,8-9H2,1-3H3. The number of Topliss-reactive ketones (excluding diaryl/α,β-unsaturated/α-hetero) is 1. The van der Waals surface area contributed by atoms with E-state index in [1.165, 1.54) is 26.0 Å². The molecule has 2 atom stereocenters. The highest BCUT2D eigenvalue weighted by molar-refractivity contribution is 7.89. The molecule has 0 heterocycles. The van der Waals surface area contributed by atoms with Crippen LogP contribution in [0.1, 0.15) is 25.8 Å². The third-order valence-electron chi connectivity index (χ3n) is 3.04. The molecule has 0 bridgehead atoms. The summed E-state index contributed by atoms with van der Waals surface area (Å²) in [5.74, 6) is -0.197. The SMILES string of the molecule is CC(=O)CCN(C(O)C(C)O)S(=O)(=O)c1ccc(C)cc1. The minimum absolute atomic E-state index is 0.0105. The van der Waals surface area contributed by atoms with Gasteiger partial charge in [-0.2, -0.15) is 4.31 Å². The predicted octanol–water partition coefficient (Wildman–Crippen LogP) is 0.664. The molecule has 118 valence electrons. The van der Waals surface area contributed by atoms with E-state index in [0.717, 1.165) is 9.87 Å². The van der Waals surface area contributed by atoms with E-state index >= 15 is 0 Å². The number of aliphatic hydroxyl groups excluding tert-OH is 2. The Morgan fingerprint density at radius 2 is 1.76 bits per heavy atom. The second kappa shape index (κ2) is 7.13. The van der Waals surface area contributed by atoms with Gasteiger partial charge in [-0.1, -0.05) is 17.7 Å². The van der Waals surface area contributed by atoms with Gasteiger partial charge < -0.3 is 10.2 Å². The molecule has 0 amide bonds. The summed E-state index contributed by atoms with van der Waals surface area (Å²) in [6.45, 7) is 4.27. The molecule has 0 fully saturated rings. The van der Waals surface area contributed by atoms with E-state index < -0.39 is 22.4 Å². The first-order valence-corrected chi connectivity index (χ1v) is 8.04. The Labute approximate surface area is 125 Å². The minimum atomic E-state index is -3.99. The van der Waals surface area contributed by atoms with E-state index in [4.69, 9.17) is 0 Å². The molecule has 0 aliphatic heterocycles. The van der Waals surface area contributed by atoms with Gasteiger partial charge in [0.05, 0.1) is 11.0 Å². The largest absolute Gasteiger partial charge is 0.389 e. The van der Waals surface area contributed by atoms with Crippen molar-refractivity contribution >= 4 is 15.8 Å². The Morgan fingerprint density at radius 1 is 1.24 bits per heavy atom. The van der Waals surface area contributed by atoms with E-state index in [-0.39, 0.29) is 23.6 Å². The molecule has 2 unspecified atom stereocenters. The van der Waals surface area contributed by atoms with Crippen molar-refractivity contribution in [3.05, 3.63) is 29.8 Å². The van der Waals surface area contributed by atoms with Crippen molar-refractivity contribution in [2.24, 2.45) is 0 Å². The normalized spacial score (nSPS) is 15.0. The molecule has 0 radical (unpaired) electrons. The molecular weight excluding hydrogens is 294 g/mol. The summed E-state index contributed by atoms with van der Waals surface area (Å²) >= 11 is 0. The molecule has 0 aliphatic carbocycles. The van der Waals surface area contributed by atoms with Crippen LogP contribution in [0.3, 0.4) is 0 Å². The number of carbonyl (C=O) groups excluding carboxylic acids is 1. The first-order chi connectivity index (χ1) is 9.66. The van der Waals surface area contributed by atoms with Gasteiger partial charge in [-0.25, -0.2) is 8.42 Å². The van der Waals surface area contributed by atoms with Crippen LogP contribution in [0.25, 0.3) is 0 Å². The van der Waals surface area contributed by atoms with Crippen molar-refractivity contribution < 1.29 is 23.4 Å². The van der Waals surface area contributed by atoms with Crippen LogP contribution in [0.5, 0.6) is 0 Å². The van der Waals surface area contributed by atoms with Crippen molar-refractivity contribution in [1.82, 2.24) is 4.31 Å². The highest BCUT2D eigenvalue weighted by atomic mass is 32.2. The fourth-order valence-corrected chi connectivity index (χ4v) is 3.29. The van der Waals surface area contributed by atoms with Crippen molar-refractivity contribution in [3.8, 4) is 0 Å². The Kier molecular flexibility index (Phi) is 6.03. The minimum Gasteiger partial charge on any atom is -0.389 e. The van der Waals surface area contributed by atoms with Crippen LogP contribution in [0.2, 0.25) is 0 Å².